The minimum absolute atomic E-state index is 0.0802. The van der Waals surface area contributed by atoms with E-state index in [1.807, 2.05) is 13.8 Å². The predicted octanol–water partition coefficient (Wildman–Crippen LogP) is 2.90. The maximum atomic E-state index is 13.2. The van der Waals surface area contributed by atoms with E-state index in [1.54, 1.807) is 6.20 Å². The monoisotopic (exact) mass is 400 g/mol. The third kappa shape index (κ3) is 3.69. The second-order valence-corrected chi connectivity index (χ2v) is 10.0. The SMILES string of the molecule is CC(C)Oc1nc(NC2CCC2)ncc1C(=O)NC1C2CC3CC1CC(O)(C3)C2. The number of hydrogen-bond donors (Lipinski definition) is 3. The highest BCUT2D eigenvalue weighted by atomic mass is 16.5. The maximum Gasteiger partial charge on any atom is 0.258 e. The topological polar surface area (TPSA) is 96.4 Å². The van der Waals surface area contributed by atoms with Crippen molar-refractivity contribution in [1.82, 2.24) is 15.3 Å². The van der Waals surface area contributed by atoms with Crippen molar-refractivity contribution in [3.63, 3.8) is 0 Å². The Labute approximate surface area is 172 Å². The van der Waals surface area contributed by atoms with Crippen molar-refractivity contribution in [3.05, 3.63) is 11.8 Å². The van der Waals surface area contributed by atoms with Crippen LogP contribution in [0.2, 0.25) is 0 Å². The molecule has 1 aromatic rings. The first kappa shape index (κ1) is 19.1. The van der Waals surface area contributed by atoms with Gasteiger partial charge in [-0.2, -0.15) is 4.98 Å². The van der Waals surface area contributed by atoms with Gasteiger partial charge in [0.25, 0.3) is 5.91 Å². The van der Waals surface area contributed by atoms with Crippen LogP contribution in [-0.2, 0) is 0 Å². The van der Waals surface area contributed by atoms with Gasteiger partial charge in [-0.3, -0.25) is 4.79 Å². The second kappa shape index (κ2) is 7.11. The zero-order valence-corrected chi connectivity index (χ0v) is 17.4. The first-order valence-electron chi connectivity index (χ1n) is 11.2. The summed E-state index contributed by atoms with van der Waals surface area (Å²) in [7, 11) is 0. The molecule has 5 aliphatic carbocycles. The standard InChI is InChI=1S/C22H32N4O3/c1-12(2)29-20-17(11-23-21(26-20)24-16-4-3-5-16)19(27)25-18-14-6-13-7-15(18)10-22(28,8-13)9-14/h11-16,18,28H,3-10H2,1-2H3,(H,25,27)(H,23,24,26). The molecular formula is C22H32N4O3. The lowest BCUT2D eigenvalue weighted by Gasteiger charge is -2.58. The number of carbonyl (C=O) groups excluding carboxylic acids is 1. The molecule has 1 aromatic heterocycles. The third-order valence-electron chi connectivity index (χ3n) is 7.32. The molecule has 0 radical (unpaired) electrons. The largest absolute Gasteiger partial charge is 0.474 e. The molecule has 0 saturated heterocycles. The normalized spacial score (nSPS) is 35.4. The summed E-state index contributed by atoms with van der Waals surface area (Å²) in [6.45, 7) is 3.86. The molecule has 29 heavy (non-hydrogen) atoms. The Bertz CT molecular complexity index is 778. The number of anilines is 1. The molecule has 0 aromatic carbocycles. The summed E-state index contributed by atoms with van der Waals surface area (Å²) in [6.07, 6.45) is 9.77. The number of ether oxygens (including phenoxy) is 1. The number of rotatable bonds is 6. The average Bonchev–Trinajstić information content (AvgIpc) is 2.59. The van der Waals surface area contributed by atoms with Crippen LogP contribution >= 0.6 is 0 Å². The van der Waals surface area contributed by atoms with Gasteiger partial charge in [-0.15, -0.1) is 0 Å². The molecule has 1 heterocycles. The number of aromatic nitrogens is 2. The zero-order chi connectivity index (χ0) is 20.2. The van der Waals surface area contributed by atoms with Crippen molar-refractivity contribution in [1.29, 1.82) is 0 Å². The Kier molecular flexibility index (Phi) is 4.68. The lowest BCUT2D eigenvalue weighted by Crippen LogP contribution is -2.61. The van der Waals surface area contributed by atoms with Crippen LogP contribution in [0.25, 0.3) is 0 Å². The summed E-state index contributed by atoms with van der Waals surface area (Å²) in [4.78, 5) is 22.1. The van der Waals surface area contributed by atoms with Gasteiger partial charge in [-0.25, -0.2) is 4.98 Å². The van der Waals surface area contributed by atoms with E-state index < -0.39 is 5.60 Å². The van der Waals surface area contributed by atoms with E-state index in [9.17, 15) is 9.90 Å². The minimum atomic E-state index is -0.498. The fourth-order valence-corrected chi connectivity index (χ4v) is 6.09. The Morgan fingerprint density at radius 1 is 1.24 bits per heavy atom. The molecule has 2 unspecified atom stereocenters. The van der Waals surface area contributed by atoms with Crippen LogP contribution in [0.3, 0.4) is 0 Å². The van der Waals surface area contributed by atoms with Gasteiger partial charge in [0.15, 0.2) is 0 Å². The minimum Gasteiger partial charge on any atom is -0.474 e. The van der Waals surface area contributed by atoms with Crippen LogP contribution in [0.15, 0.2) is 6.20 Å². The van der Waals surface area contributed by atoms with Crippen molar-refractivity contribution < 1.29 is 14.6 Å². The van der Waals surface area contributed by atoms with E-state index in [-0.39, 0.29) is 18.1 Å². The number of carbonyl (C=O) groups is 1. The number of nitrogens with one attached hydrogen (secondary N) is 2. The molecule has 0 spiro atoms. The molecule has 7 nitrogen and oxygen atoms in total. The molecule has 2 atom stereocenters. The van der Waals surface area contributed by atoms with Crippen LogP contribution < -0.4 is 15.4 Å². The highest BCUT2D eigenvalue weighted by molar-refractivity contribution is 5.96. The summed E-state index contributed by atoms with van der Waals surface area (Å²) >= 11 is 0. The predicted molar refractivity (Wildman–Crippen MR) is 109 cm³/mol. The van der Waals surface area contributed by atoms with E-state index in [4.69, 9.17) is 4.74 Å². The Balaban J connectivity index is 1.33. The lowest BCUT2D eigenvalue weighted by atomic mass is 9.52. The van der Waals surface area contributed by atoms with Crippen LogP contribution in [0.5, 0.6) is 5.88 Å². The lowest BCUT2D eigenvalue weighted by molar-refractivity contribution is -0.136. The molecule has 0 aliphatic heterocycles. The highest BCUT2D eigenvalue weighted by Gasteiger charge is 2.55. The fourth-order valence-electron chi connectivity index (χ4n) is 6.09. The Hall–Kier alpha value is -1.89. The van der Waals surface area contributed by atoms with Gasteiger partial charge in [0, 0.05) is 18.3 Å². The van der Waals surface area contributed by atoms with E-state index in [0.717, 1.165) is 44.9 Å². The first-order valence-corrected chi connectivity index (χ1v) is 11.2. The first-order chi connectivity index (χ1) is 13.9. The molecule has 1 amide bonds. The van der Waals surface area contributed by atoms with Crippen molar-refractivity contribution in [2.24, 2.45) is 17.8 Å². The molecule has 5 aliphatic rings. The zero-order valence-electron chi connectivity index (χ0n) is 17.4. The molecule has 6 rings (SSSR count). The van der Waals surface area contributed by atoms with Crippen LogP contribution in [-0.4, -0.2) is 44.8 Å². The van der Waals surface area contributed by atoms with Gasteiger partial charge in [0.05, 0.1) is 11.7 Å². The summed E-state index contributed by atoms with van der Waals surface area (Å²) in [5, 5.41) is 17.4. The van der Waals surface area contributed by atoms with Gasteiger partial charge in [0.1, 0.15) is 5.56 Å². The number of amides is 1. The molecular weight excluding hydrogens is 368 g/mol. The summed E-state index contributed by atoms with van der Waals surface area (Å²) in [6, 6.07) is 0.541. The molecule has 4 bridgehead atoms. The van der Waals surface area contributed by atoms with Crippen molar-refractivity contribution >= 4 is 11.9 Å². The number of aliphatic hydroxyl groups is 1. The van der Waals surface area contributed by atoms with Crippen molar-refractivity contribution in [2.75, 3.05) is 5.32 Å². The van der Waals surface area contributed by atoms with Gasteiger partial charge in [0.2, 0.25) is 11.8 Å². The van der Waals surface area contributed by atoms with Crippen molar-refractivity contribution in [3.8, 4) is 5.88 Å². The van der Waals surface area contributed by atoms with E-state index >= 15 is 0 Å². The molecule has 5 saturated carbocycles. The van der Waals surface area contributed by atoms with Crippen LogP contribution in [0.1, 0.15) is 75.6 Å². The highest BCUT2D eigenvalue weighted by Crippen LogP contribution is 2.55. The van der Waals surface area contributed by atoms with Crippen LogP contribution in [0.4, 0.5) is 5.95 Å². The third-order valence-corrected chi connectivity index (χ3v) is 7.32. The maximum absolute atomic E-state index is 13.2. The summed E-state index contributed by atoms with van der Waals surface area (Å²) < 4.78 is 5.87. The number of hydrogen-bond acceptors (Lipinski definition) is 6. The van der Waals surface area contributed by atoms with Gasteiger partial charge in [-0.05, 0) is 83.0 Å². The van der Waals surface area contributed by atoms with Crippen LogP contribution in [0, 0.1) is 17.8 Å². The Morgan fingerprint density at radius 3 is 2.55 bits per heavy atom. The number of nitrogens with zero attached hydrogens (tertiary/aromatic N) is 2. The fraction of sp³-hybridized carbons (Fsp3) is 0.773. The molecule has 158 valence electrons. The van der Waals surface area contributed by atoms with Gasteiger partial charge in [-0.1, -0.05) is 0 Å². The Morgan fingerprint density at radius 2 is 1.97 bits per heavy atom. The second-order valence-electron chi connectivity index (χ2n) is 10.0. The molecule has 5 fully saturated rings. The smallest absolute Gasteiger partial charge is 0.258 e. The molecule has 7 heteroatoms. The molecule has 3 N–H and O–H groups in total. The van der Waals surface area contributed by atoms with E-state index in [1.165, 1.54) is 6.42 Å². The van der Waals surface area contributed by atoms with Gasteiger partial charge < -0.3 is 20.5 Å². The summed E-state index contributed by atoms with van der Waals surface area (Å²) in [5.41, 5.74) is -0.105. The quantitative estimate of drug-likeness (QED) is 0.679. The van der Waals surface area contributed by atoms with Gasteiger partial charge >= 0.3 is 0 Å². The average molecular weight is 401 g/mol. The van der Waals surface area contributed by atoms with E-state index in [2.05, 4.69) is 20.6 Å². The summed E-state index contributed by atoms with van der Waals surface area (Å²) in [5.74, 6) is 2.05. The van der Waals surface area contributed by atoms with E-state index in [0.29, 0.717) is 41.2 Å². The van der Waals surface area contributed by atoms with Crippen molar-refractivity contribution in [2.45, 2.75) is 89.0 Å².